The van der Waals surface area contributed by atoms with Gasteiger partial charge in [-0.15, -0.1) is 0 Å². The van der Waals surface area contributed by atoms with E-state index in [1.54, 1.807) is 4.90 Å². The number of rotatable bonds is 3. The second-order valence-electron chi connectivity index (χ2n) is 5.23. The molecule has 0 aromatic heterocycles. The van der Waals surface area contributed by atoms with Gasteiger partial charge in [0.15, 0.2) is 0 Å². The average molecular weight is 269 g/mol. The Kier molecular flexibility index (Phi) is 4.37. The summed E-state index contributed by atoms with van der Waals surface area (Å²) in [6.07, 6.45) is 0. The highest BCUT2D eigenvalue weighted by molar-refractivity contribution is 5.51. The van der Waals surface area contributed by atoms with E-state index in [9.17, 15) is 8.78 Å². The zero-order valence-corrected chi connectivity index (χ0v) is 11.5. The lowest BCUT2D eigenvalue weighted by Crippen LogP contribution is -2.49. The molecule has 1 fully saturated rings. The number of hydrogen-bond acceptors (Lipinski definition) is 3. The molecule has 1 heterocycles. The lowest BCUT2D eigenvalue weighted by atomic mass is 10.1. The average Bonchev–Trinajstić information content (AvgIpc) is 2.38. The highest BCUT2D eigenvalue weighted by Crippen LogP contribution is 2.26. The van der Waals surface area contributed by atoms with Crippen molar-refractivity contribution in [2.45, 2.75) is 26.4 Å². The van der Waals surface area contributed by atoms with Crippen molar-refractivity contribution >= 4 is 5.69 Å². The summed E-state index contributed by atoms with van der Waals surface area (Å²) < 4.78 is 28.0. The van der Waals surface area contributed by atoms with Gasteiger partial charge < -0.3 is 10.6 Å². The fraction of sp³-hybridized carbons (Fsp3) is 0.571. The van der Waals surface area contributed by atoms with Gasteiger partial charge in [-0.05, 0) is 31.5 Å². The van der Waals surface area contributed by atoms with E-state index in [4.69, 9.17) is 5.73 Å². The van der Waals surface area contributed by atoms with E-state index >= 15 is 0 Å². The summed E-state index contributed by atoms with van der Waals surface area (Å²) in [5, 5.41) is 0. The van der Waals surface area contributed by atoms with Gasteiger partial charge in [-0.1, -0.05) is 0 Å². The van der Waals surface area contributed by atoms with Gasteiger partial charge in [0.2, 0.25) is 0 Å². The van der Waals surface area contributed by atoms with Crippen molar-refractivity contribution in [3.63, 3.8) is 0 Å². The predicted octanol–water partition coefficient (Wildman–Crippen LogP) is 1.95. The van der Waals surface area contributed by atoms with Crippen molar-refractivity contribution in [2.24, 2.45) is 5.73 Å². The van der Waals surface area contributed by atoms with Crippen molar-refractivity contribution in [2.75, 3.05) is 31.1 Å². The molecule has 0 bridgehead atoms. The normalized spacial score (nSPS) is 17.3. The van der Waals surface area contributed by atoms with Gasteiger partial charge >= 0.3 is 0 Å². The first-order valence-electron chi connectivity index (χ1n) is 6.70. The molecule has 0 aliphatic carbocycles. The molecule has 2 N–H and O–H groups in total. The predicted molar refractivity (Wildman–Crippen MR) is 73.2 cm³/mol. The zero-order valence-electron chi connectivity index (χ0n) is 11.5. The standard InChI is InChI=1S/C14H21F2N3/c1-10(2)18-3-5-19(6-4-18)14-12(15)7-11(9-17)8-13(14)16/h7-8,10H,3-6,9,17H2,1-2H3. The van der Waals surface area contributed by atoms with E-state index in [0.29, 0.717) is 24.7 Å². The number of piperazine rings is 1. The minimum absolute atomic E-state index is 0.0839. The molecular formula is C14H21F2N3. The summed E-state index contributed by atoms with van der Waals surface area (Å²) in [6.45, 7) is 7.36. The first-order chi connectivity index (χ1) is 9.02. The molecule has 0 saturated carbocycles. The van der Waals surface area contributed by atoms with Gasteiger partial charge in [-0.3, -0.25) is 4.90 Å². The number of anilines is 1. The third-order valence-corrected chi connectivity index (χ3v) is 3.67. The van der Waals surface area contributed by atoms with E-state index < -0.39 is 11.6 Å². The monoisotopic (exact) mass is 269 g/mol. The first kappa shape index (κ1) is 14.2. The number of benzene rings is 1. The number of hydrogen-bond donors (Lipinski definition) is 1. The smallest absolute Gasteiger partial charge is 0.149 e. The highest BCUT2D eigenvalue weighted by Gasteiger charge is 2.23. The Hall–Kier alpha value is -1.20. The second kappa shape index (κ2) is 5.84. The van der Waals surface area contributed by atoms with E-state index in [2.05, 4.69) is 18.7 Å². The van der Waals surface area contributed by atoms with Crippen LogP contribution in [-0.4, -0.2) is 37.1 Å². The molecule has 0 unspecified atom stereocenters. The van der Waals surface area contributed by atoms with Crippen LogP contribution in [0.25, 0.3) is 0 Å². The summed E-state index contributed by atoms with van der Waals surface area (Å²) in [7, 11) is 0. The van der Waals surface area contributed by atoms with Crippen molar-refractivity contribution in [1.29, 1.82) is 0 Å². The van der Waals surface area contributed by atoms with Gasteiger partial charge in [0.1, 0.15) is 17.3 Å². The molecule has 1 aromatic rings. The summed E-state index contributed by atoms with van der Waals surface area (Å²) in [4.78, 5) is 4.09. The van der Waals surface area contributed by atoms with Gasteiger partial charge in [-0.2, -0.15) is 0 Å². The third-order valence-electron chi connectivity index (χ3n) is 3.67. The van der Waals surface area contributed by atoms with Crippen LogP contribution in [0.5, 0.6) is 0 Å². The molecule has 19 heavy (non-hydrogen) atoms. The first-order valence-corrected chi connectivity index (χ1v) is 6.70. The molecule has 0 spiro atoms. The maximum atomic E-state index is 14.0. The van der Waals surface area contributed by atoms with Crippen LogP contribution in [0.3, 0.4) is 0 Å². The van der Waals surface area contributed by atoms with Crippen LogP contribution in [-0.2, 0) is 6.54 Å². The van der Waals surface area contributed by atoms with Crippen molar-refractivity contribution in [3.8, 4) is 0 Å². The van der Waals surface area contributed by atoms with Crippen molar-refractivity contribution in [1.82, 2.24) is 4.90 Å². The summed E-state index contributed by atoms with van der Waals surface area (Å²) in [5.74, 6) is -1.03. The molecule has 106 valence electrons. The molecule has 1 aliphatic rings. The molecule has 1 aliphatic heterocycles. The molecule has 2 rings (SSSR count). The second-order valence-corrected chi connectivity index (χ2v) is 5.23. The summed E-state index contributed by atoms with van der Waals surface area (Å²) in [6, 6.07) is 3.12. The Morgan fingerprint density at radius 3 is 2.05 bits per heavy atom. The van der Waals surface area contributed by atoms with E-state index in [0.717, 1.165) is 13.1 Å². The Morgan fingerprint density at radius 2 is 1.63 bits per heavy atom. The molecule has 0 atom stereocenters. The maximum Gasteiger partial charge on any atom is 0.149 e. The fourth-order valence-corrected chi connectivity index (χ4v) is 2.50. The molecule has 1 saturated heterocycles. The highest BCUT2D eigenvalue weighted by atomic mass is 19.1. The van der Waals surface area contributed by atoms with Crippen LogP contribution in [0.2, 0.25) is 0 Å². The molecule has 0 amide bonds. The third kappa shape index (κ3) is 3.04. The van der Waals surface area contributed by atoms with Crippen molar-refractivity contribution in [3.05, 3.63) is 29.3 Å². The Bertz CT molecular complexity index is 417. The Labute approximate surface area is 113 Å². The van der Waals surface area contributed by atoms with E-state index in [1.165, 1.54) is 12.1 Å². The topological polar surface area (TPSA) is 32.5 Å². The number of nitrogens with zero attached hydrogens (tertiary/aromatic N) is 2. The van der Waals surface area contributed by atoms with E-state index in [1.807, 2.05) is 0 Å². The maximum absolute atomic E-state index is 14.0. The lowest BCUT2D eigenvalue weighted by Gasteiger charge is -2.38. The van der Waals surface area contributed by atoms with E-state index in [-0.39, 0.29) is 12.2 Å². The molecule has 3 nitrogen and oxygen atoms in total. The number of halogens is 2. The molecule has 1 aromatic carbocycles. The van der Waals surface area contributed by atoms with Gasteiger partial charge in [0.25, 0.3) is 0 Å². The van der Waals surface area contributed by atoms with Crippen LogP contribution >= 0.6 is 0 Å². The molecule has 0 radical (unpaired) electrons. The quantitative estimate of drug-likeness (QED) is 0.910. The zero-order chi connectivity index (χ0) is 14.0. The van der Waals surface area contributed by atoms with Crippen LogP contribution in [0.1, 0.15) is 19.4 Å². The van der Waals surface area contributed by atoms with Crippen LogP contribution in [0, 0.1) is 11.6 Å². The van der Waals surface area contributed by atoms with Gasteiger partial charge in [0.05, 0.1) is 0 Å². The molecular weight excluding hydrogens is 248 g/mol. The summed E-state index contributed by atoms with van der Waals surface area (Å²) in [5.41, 5.74) is 5.98. The minimum Gasteiger partial charge on any atom is -0.364 e. The van der Waals surface area contributed by atoms with Crippen LogP contribution in [0.4, 0.5) is 14.5 Å². The van der Waals surface area contributed by atoms with Crippen LogP contribution in [0.15, 0.2) is 12.1 Å². The SMILES string of the molecule is CC(C)N1CCN(c2c(F)cc(CN)cc2F)CC1. The van der Waals surface area contributed by atoms with Crippen molar-refractivity contribution < 1.29 is 8.78 Å². The van der Waals surface area contributed by atoms with Gasteiger partial charge in [-0.25, -0.2) is 8.78 Å². The summed E-state index contributed by atoms with van der Waals surface area (Å²) >= 11 is 0. The Balaban J connectivity index is 2.15. The number of nitrogens with two attached hydrogens (primary N) is 1. The fourth-order valence-electron chi connectivity index (χ4n) is 2.50. The lowest BCUT2D eigenvalue weighted by molar-refractivity contribution is 0.208. The van der Waals surface area contributed by atoms with Gasteiger partial charge in [0, 0.05) is 38.8 Å². The molecule has 5 heteroatoms. The van der Waals surface area contributed by atoms with Crippen LogP contribution < -0.4 is 10.6 Å². The Morgan fingerprint density at radius 1 is 1.11 bits per heavy atom. The minimum atomic E-state index is -0.515. The largest absolute Gasteiger partial charge is 0.364 e.